The van der Waals surface area contributed by atoms with Crippen molar-refractivity contribution in [1.82, 2.24) is 9.88 Å². The lowest BCUT2D eigenvalue weighted by atomic mass is 10.2. The van der Waals surface area contributed by atoms with Crippen molar-refractivity contribution in [2.45, 2.75) is 20.0 Å². The first kappa shape index (κ1) is 14.8. The molecule has 0 aliphatic rings. The Morgan fingerprint density at radius 1 is 1.35 bits per heavy atom. The average Bonchev–Trinajstić information content (AvgIpc) is 2.86. The molecule has 2 aromatic rings. The topological polar surface area (TPSA) is 37.4 Å². The Morgan fingerprint density at radius 3 is 2.95 bits per heavy atom. The van der Waals surface area contributed by atoms with Gasteiger partial charge in [-0.05, 0) is 31.7 Å². The van der Waals surface area contributed by atoms with Gasteiger partial charge < -0.3 is 10.1 Å². The number of anilines is 1. The maximum atomic E-state index is 5.25. The first-order chi connectivity index (χ1) is 9.71. The SMILES string of the molecule is CCNc1ncc(CN(C)Cc2cccc(OC)c2)s1. The molecule has 1 heterocycles. The lowest BCUT2D eigenvalue weighted by Gasteiger charge is -2.15. The molecule has 0 unspecified atom stereocenters. The van der Waals surface area contributed by atoms with E-state index in [0.29, 0.717) is 0 Å². The van der Waals surface area contributed by atoms with Gasteiger partial charge in [-0.25, -0.2) is 4.98 Å². The molecule has 2 rings (SSSR count). The van der Waals surface area contributed by atoms with Crippen molar-refractivity contribution in [3.63, 3.8) is 0 Å². The molecule has 4 nitrogen and oxygen atoms in total. The predicted molar refractivity (Wildman–Crippen MR) is 84.4 cm³/mol. The predicted octanol–water partition coefficient (Wildman–Crippen LogP) is 3.22. The Morgan fingerprint density at radius 2 is 2.20 bits per heavy atom. The van der Waals surface area contributed by atoms with Crippen molar-refractivity contribution in [2.24, 2.45) is 0 Å². The van der Waals surface area contributed by atoms with E-state index >= 15 is 0 Å². The van der Waals surface area contributed by atoms with Gasteiger partial charge in [0.1, 0.15) is 5.75 Å². The van der Waals surface area contributed by atoms with Crippen LogP contribution in [0.15, 0.2) is 30.5 Å². The first-order valence-electron chi connectivity index (χ1n) is 6.71. The van der Waals surface area contributed by atoms with Gasteiger partial charge in [0.15, 0.2) is 5.13 Å². The molecular weight excluding hydrogens is 270 g/mol. The molecular formula is C15H21N3OS. The van der Waals surface area contributed by atoms with Crippen molar-refractivity contribution < 1.29 is 4.74 Å². The van der Waals surface area contributed by atoms with Gasteiger partial charge in [0, 0.05) is 30.7 Å². The molecule has 0 spiro atoms. The van der Waals surface area contributed by atoms with Crippen LogP contribution in [-0.4, -0.2) is 30.6 Å². The number of rotatable bonds is 7. The summed E-state index contributed by atoms with van der Waals surface area (Å²) < 4.78 is 5.25. The lowest BCUT2D eigenvalue weighted by Crippen LogP contribution is -2.16. The molecule has 0 aliphatic heterocycles. The summed E-state index contributed by atoms with van der Waals surface area (Å²) >= 11 is 1.72. The molecule has 0 radical (unpaired) electrons. The summed E-state index contributed by atoms with van der Waals surface area (Å²) in [7, 11) is 3.81. The first-order valence-corrected chi connectivity index (χ1v) is 7.53. The standard InChI is InChI=1S/C15H21N3OS/c1-4-16-15-17-9-14(20-15)11-18(2)10-12-6-5-7-13(8-12)19-3/h5-9H,4,10-11H2,1-3H3,(H,16,17). The molecule has 0 bridgehead atoms. The van der Waals surface area contributed by atoms with Crippen LogP contribution in [0.3, 0.4) is 0 Å². The van der Waals surface area contributed by atoms with E-state index in [2.05, 4.69) is 41.3 Å². The quantitative estimate of drug-likeness (QED) is 0.850. The second-order valence-electron chi connectivity index (χ2n) is 4.69. The monoisotopic (exact) mass is 291 g/mol. The minimum atomic E-state index is 0.894. The van der Waals surface area contributed by atoms with Crippen LogP contribution in [0.2, 0.25) is 0 Å². The molecule has 20 heavy (non-hydrogen) atoms. The number of thiazole rings is 1. The van der Waals surface area contributed by atoms with Gasteiger partial charge >= 0.3 is 0 Å². The number of ether oxygens (including phenoxy) is 1. The average molecular weight is 291 g/mol. The zero-order chi connectivity index (χ0) is 14.4. The normalized spacial score (nSPS) is 10.8. The van der Waals surface area contributed by atoms with Crippen LogP contribution >= 0.6 is 11.3 Å². The number of nitrogens with zero attached hydrogens (tertiary/aromatic N) is 2. The summed E-state index contributed by atoms with van der Waals surface area (Å²) in [4.78, 5) is 7.90. The Balaban J connectivity index is 1.92. The molecule has 1 aromatic heterocycles. The highest BCUT2D eigenvalue weighted by Crippen LogP contribution is 2.20. The van der Waals surface area contributed by atoms with E-state index in [1.54, 1.807) is 18.4 Å². The van der Waals surface area contributed by atoms with Crippen molar-refractivity contribution in [1.29, 1.82) is 0 Å². The maximum absolute atomic E-state index is 5.25. The minimum absolute atomic E-state index is 0.894. The van der Waals surface area contributed by atoms with Crippen LogP contribution in [0.5, 0.6) is 5.75 Å². The molecule has 1 aromatic carbocycles. The van der Waals surface area contributed by atoms with Crippen molar-refractivity contribution >= 4 is 16.5 Å². The van der Waals surface area contributed by atoms with E-state index in [9.17, 15) is 0 Å². The van der Waals surface area contributed by atoms with Gasteiger partial charge in [-0.1, -0.05) is 12.1 Å². The van der Waals surface area contributed by atoms with Gasteiger partial charge in [-0.3, -0.25) is 4.90 Å². The maximum Gasteiger partial charge on any atom is 0.182 e. The molecule has 1 N–H and O–H groups in total. The molecule has 0 saturated heterocycles. The number of aromatic nitrogens is 1. The Labute approximate surface area is 124 Å². The van der Waals surface area contributed by atoms with Gasteiger partial charge in [0.05, 0.1) is 7.11 Å². The Hall–Kier alpha value is -1.59. The van der Waals surface area contributed by atoms with E-state index in [4.69, 9.17) is 4.74 Å². The summed E-state index contributed by atoms with van der Waals surface area (Å²) in [5.41, 5.74) is 1.25. The summed E-state index contributed by atoms with van der Waals surface area (Å²) in [5.74, 6) is 0.906. The molecule has 0 aliphatic carbocycles. The second kappa shape index (κ2) is 7.26. The van der Waals surface area contributed by atoms with E-state index in [1.165, 1.54) is 10.4 Å². The smallest absolute Gasteiger partial charge is 0.182 e. The van der Waals surface area contributed by atoms with Gasteiger partial charge in [-0.15, -0.1) is 11.3 Å². The Bertz CT molecular complexity index is 541. The number of benzene rings is 1. The van der Waals surface area contributed by atoms with Gasteiger partial charge in [-0.2, -0.15) is 0 Å². The van der Waals surface area contributed by atoms with Crippen LogP contribution in [0.4, 0.5) is 5.13 Å². The van der Waals surface area contributed by atoms with Crippen LogP contribution in [0, 0.1) is 0 Å². The molecule has 0 atom stereocenters. The third kappa shape index (κ3) is 4.21. The number of hydrogen-bond donors (Lipinski definition) is 1. The summed E-state index contributed by atoms with van der Waals surface area (Å²) in [6.45, 7) is 4.79. The highest BCUT2D eigenvalue weighted by Gasteiger charge is 2.06. The highest BCUT2D eigenvalue weighted by atomic mass is 32.1. The molecule has 5 heteroatoms. The molecule has 0 amide bonds. The van der Waals surface area contributed by atoms with Crippen molar-refractivity contribution in [2.75, 3.05) is 26.0 Å². The second-order valence-corrected chi connectivity index (χ2v) is 5.80. The number of methoxy groups -OCH3 is 1. The Kier molecular flexibility index (Phi) is 5.38. The number of nitrogens with one attached hydrogen (secondary N) is 1. The van der Waals surface area contributed by atoms with E-state index in [0.717, 1.165) is 30.5 Å². The van der Waals surface area contributed by atoms with E-state index in [1.807, 2.05) is 18.3 Å². The minimum Gasteiger partial charge on any atom is -0.497 e. The fraction of sp³-hybridized carbons (Fsp3) is 0.400. The zero-order valence-electron chi connectivity index (χ0n) is 12.2. The number of hydrogen-bond acceptors (Lipinski definition) is 5. The van der Waals surface area contributed by atoms with Crippen LogP contribution in [0.1, 0.15) is 17.4 Å². The van der Waals surface area contributed by atoms with E-state index < -0.39 is 0 Å². The van der Waals surface area contributed by atoms with Crippen LogP contribution in [0.25, 0.3) is 0 Å². The summed E-state index contributed by atoms with van der Waals surface area (Å²) in [5, 5.41) is 4.24. The third-order valence-electron chi connectivity index (χ3n) is 2.89. The van der Waals surface area contributed by atoms with Gasteiger partial charge in [0.2, 0.25) is 0 Å². The zero-order valence-corrected chi connectivity index (χ0v) is 13.0. The van der Waals surface area contributed by atoms with Crippen LogP contribution in [-0.2, 0) is 13.1 Å². The van der Waals surface area contributed by atoms with Gasteiger partial charge in [0.25, 0.3) is 0 Å². The molecule has 0 fully saturated rings. The fourth-order valence-corrected chi connectivity index (χ4v) is 2.98. The van der Waals surface area contributed by atoms with Crippen molar-refractivity contribution in [3.05, 3.63) is 40.9 Å². The molecule has 108 valence electrons. The highest BCUT2D eigenvalue weighted by molar-refractivity contribution is 7.15. The summed E-state index contributed by atoms with van der Waals surface area (Å²) in [6.07, 6.45) is 1.95. The summed E-state index contributed by atoms with van der Waals surface area (Å²) in [6, 6.07) is 8.19. The lowest BCUT2D eigenvalue weighted by molar-refractivity contribution is 0.321. The van der Waals surface area contributed by atoms with Crippen molar-refractivity contribution in [3.8, 4) is 5.75 Å². The largest absolute Gasteiger partial charge is 0.497 e. The third-order valence-corrected chi connectivity index (χ3v) is 3.83. The molecule has 0 saturated carbocycles. The van der Waals surface area contributed by atoms with Crippen LogP contribution < -0.4 is 10.1 Å². The fourth-order valence-electron chi connectivity index (χ4n) is 2.02. The van der Waals surface area contributed by atoms with E-state index in [-0.39, 0.29) is 0 Å².